The highest BCUT2D eigenvalue weighted by molar-refractivity contribution is 5.90. The molecular weight excluding hydrogens is 230 g/mol. The van der Waals surface area contributed by atoms with Crippen LogP contribution in [0.4, 0.5) is 0 Å². The van der Waals surface area contributed by atoms with Gasteiger partial charge in [-0.25, -0.2) is 4.79 Å². The smallest absolute Gasteiger partial charge is 0.340 e. The van der Waals surface area contributed by atoms with Gasteiger partial charge in [-0.3, -0.25) is 14.5 Å². The third-order valence-corrected chi connectivity index (χ3v) is 2.67. The van der Waals surface area contributed by atoms with Crippen LogP contribution in [0.25, 0.3) is 0 Å². The Bertz CT molecular complexity index is 402. The van der Waals surface area contributed by atoms with Gasteiger partial charge in [0, 0.05) is 0 Å². The first-order valence-corrected chi connectivity index (χ1v) is 4.99. The number of β-lactam (4-membered cyclic amide) rings is 1. The SMILES string of the molecule is COC(=O)/C(COC=O)=C1\CN2C(=O)CC2O1. The average Bonchev–Trinajstić information content (AvgIpc) is 2.67. The Morgan fingerprint density at radius 1 is 1.65 bits per heavy atom. The normalized spacial score (nSPS) is 24.4. The first-order valence-electron chi connectivity index (χ1n) is 4.99. The molecule has 17 heavy (non-hydrogen) atoms. The summed E-state index contributed by atoms with van der Waals surface area (Å²) in [5, 5.41) is 0. The maximum Gasteiger partial charge on any atom is 0.340 e. The molecule has 0 aliphatic carbocycles. The summed E-state index contributed by atoms with van der Waals surface area (Å²) in [6.45, 7) is 0.231. The Hall–Kier alpha value is -2.05. The Kier molecular flexibility index (Phi) is 2.99. The van der Waals surface area contributed by atoms with Crippen molar-refractivity contribution < 1.29 is 28.6 Å². The standard InChI is InChI=1S/C10H11NO6/c1-15-10(14)6(4-16-5-12)7-3-11-8(13)2-9(11)17-7/h5,9H,2-4H2,1H3/b7-6+. The summed E-state index contributed by atoms with van der Waals surface area (Å²) < 4.78 is 14.5. The van der Waals surface area contributed by atoms with Gasteiger partial charge in [0.2, 0.25) is 5.91 Å². The lowest BCUT2D eigenvalue weighted by atomic mass is 10.2. The van der Waals surface area contributed by atoms with Crippen molar-refractivity contribution >= 4 is 18.3 Å². The van der Waals surface area contributed by atoms with Gasteiger partial charge >= 0.3 is 5.97 Å². The summed E-state index contributed by atoms with van der Waals surface area (Å²) in [6, 6.07) is 0. The van der Waals surface area contributed by atoms with E-state index in [9.17, 15) is 14.4 Å². The van der Waals surface area contributed by atoms with E-state index in [0.717, 1.165) is 0 Å². The van der Waals surface area contributed by atoms with E-state index in [2.05, 4.69) is 9.47 Å². The van der Waals surface area contributed by atoms with Crippen LogP contribution >= 0.6 is 0 Å². The first kappa shape index (κ1) is 11.4. The molecule has 1 amide bonds. The molecule has 0 aromatic heterocycles. The van der Waals surface area contributed by atoms with E-state index in [1.54, 1.807) is 0 Å². The van der Waals surface area contributed by atoms with Gasteiger partial charge < -0.3 is 14.2 Å². The number of nitrogens with zero attached hydrogens (tertiary/aromatic N) is 1. The number of carbonyl (C=O) groups is 3. The second-order valence-electron chi connectivity index (χ2n) is 3.60. The van der Waals surface area contributed by atoms with Crippen molar-refractivity contribution in [2.45, 2.75) is 12.6 Å². The highest BCUT2D eigenvalue weighted by Crippen LogP contribution is 2.32. The summed E-state index contributed by atoms with van der Waals surface area (Å²) >= 11 is 0. The highest BCUT2D eigenvalue weighted by atomic mass is 16.5. The lowest BCUT2D eigenvalue weighted by Crippen LogP contribution is -2.48. The molecular formula is C10H11NO6. The molecule has 0 radical (unpaired) electrons. The van der Waals surface area contributed by atoms with E-state index in [-0.39, 0.29) is 37.3 Å². The van der Waals surface area contributed by atoms with Crippen LogP contribution in [-0.2, 0) is 28.6 Å². The minimum atomic E-state index is -0.628. The molecule has 0 bridgehead atoms. The van der Waals surface area contributed by atoms with Gasteiger partial charge in [0.1, 0.15) is 17.9 Å². The molecule has 2 fully saturated rings. The van der Waals surface area contributed by atoms with Gasteiger partial charge in [-0.2, -0.15) is 0 Å². The Labute approximate surface area is 96.9 Å². The zero-order valence-corrected chi connectivity index (χ0v) is 9.17. The predicted octanol–water partition coefficient (Wildman–Crippen LogP) is -0.825. The van der Waals surface area contributed by atoms with Crippen molar-refractivity contribution in [1.82, 2.24) is 4.90 Å². The molecule has 1 unspecified atom stereocenters. The van der Waals surface area contributed by atoms with Crippen molar-refractivity contribution in [3.63, 3.8) is 0 Å². The maximum atomic E-state index is 11.5. The summed E-state index contributed by atoms with van der Waals surface area (Å²) in [7, 11) is 1.22. The summed E-state index contributed by atoms with van der Waals surface area (Å²) in [5.74, 6) is -0.322. The first-order chi connectivity index (χ1) is 8.17. The van der Waals surface area contributed by atoms with Crippen LogP contribution in [0.2, 0.25) is 0 Å². The third kappa shape index (κ3) is 1.95. The van der Waals surface area contributed by atoms with Gasteiger partial charge in [-0.05, 0) is 0 Å². The summed E-state index contributed by atoms with van der Waals surface area (Å²) in [6.07, 6.45) is 0.0142. The van der Waals surface area contributed by atoms with Crippen molar-refractivity contribution in [2.75, 3.05) is 20.3 Å². The molecule has 0 N–H and O–H groups in total. The zero-order chi connectivity index (χ0) is 12.4. The molecule has 2 saturated heterocycles. The van der Waals surface area contributed by atoms with E-state index < -0.39 is 5.97 Å². The molecule has 0 spiro atoms. The lowest BCUT2D eigenvalue weighted by molar-refractivity contribution is -0.154. The Balaban J connectivity index is 2.16. The van der Waals surface area contributed by atoms with Crippen LogP contribution in [0.3, 0.4) is 0 Å². The Morgan fingerprint density at radius 2 is 2.41 bits per heavy atom. The summed E-state index contributed by atoms with van der Waals surface area (Å²) in [4.78, 5) is 34.2. The fourth-order valence-corrected chi connectivity index (χ4v) is 1.74. The van der Waals surface area contributed by atoms with Gasteiger partial charge in [0.25, 0.3) is 6.47 Å². The van der Waals surface area contributed by atoms with Gasteiger partial charge in [0.15, 0.2) is 6.23 Å². The number of esters is 1. The second kappa shape index (κ2) is 4.44. The number of rotatable bonds is 4. The molecule has 0 aromatic rings. The molecule has 7 heteroatoms. The molecule has 1 atom stereocenters. The number of fused-ring (bicyclic) bond motifs is 1. The average molecular weight is 241 g/mol. The van der Waals surface area contributed by atoms with Crippen LogP contribution in [0.15, 0.2) is 11.3 Å². The molecule has 2 aliphatic heterocycles. The molecule has 2 aliphatic rings. The van der Waals surface area contributed by atoms with Gasteiger partial charge in [-0.1, -0.05) is 0 Å². The van der Waals surface area contributed by atoms with Crippen LogP contribution in [0.1, 0.15) is 6.42 Å². The number of ether oxygens (including phenoxy) is 3. The number of hydrogen-bond donors (Lipinski definition) is 0. The number of methoxy groups -OCH3 is 1. The number of carbonyl (C=O) groups excluding carboxylic acids is 3. The van der Waals surface area contributed by atoms with Gasteiger partial charge in [0.05, 0.1) is 20.1 Å². The topological polar surface area (TPSA) is 82.1 Å². The van der Waals surface area contributed by atoms with Crippen molar-refractivity contribution in [3.8, 4) is 0 Å². The Morgan fingerprint density at radius 3 is 2.94 bits per heavy atom. The van der Waals surface area contributed by atoms with E-state index in [1.807, 2.05) is 0 Å². The molecule has 92 valence electrons. The van der Waals surface area contributed by atoms with Crippen molar-refractivity contribution in [2.24, 2.45) is 0 Å². The summed E-state index contributed by atoms with van der Waals surface area (Å²) in [5.41, 5.74) is 0.127. The monoisotopic (exact) mass is 241 g/mol. The largest absolute Gasteiger partial charge is 0.472 e. The van der Waals surface area contributed by atoms with Crippen LogP contribution in [0, 0.1) is 0 Å². The quantitative estimate of drug-likeness (QED) is 0.277. The fourth-order valence-electron chi connectivity index (χ4n) is 1.74. The molecule has 2 heterocycles. The van der Waals surface area contributed by atoms with Crippen molar-refractivity contribution in [3.05, 3.63) is 11.3 Å². The van der Waals surface area contributed by atoms with E-state index in [0.29, 0.717) is 12.2 Å². The van der Waals surface area contributed by atoms with Gasteiger partial charge in [-0.15, -0.1) is 0 Å². The van der Waals surface area contributed by atoms with Crippen LogP contribution in [0.5, 0.6) is 0 Å². The number of amides is 1. The van der Waals surface area contributed by atoms with Crippen molar-refractivity contribution in [1.29, 1.82) is 0 Å². The lowest BCUT2D eigenvalue weighted by Gasteiger charge is -2.30. The molecule has 0 saturated carbocycles. The minimum absolute atomic E-state index is 0.0227. The second-order valence-corrected chi connectivity index (χ2v) is 3.60. The predicted molar refractivity (Wildman–Crippen MR) is 52.3 cm³/mol. The molecule has 0 aromatic carbocycles. The molecule has 2 rings (SSSR count). The van der Waals surface area contributed by atoms with E-state index >= 15 is 0 Å². The maximum absolute atomic E-state index is 11.5. The van der Waals surface area contributed by atoms with E-state index in [1.165, 1.54) is 12.0 Å². The third-order valence-electron chi connectivity index (χ3n) is 2.67. The van der Waals surface area contributed by atoms with E-state index in [4.69, 9.17) is 4.74 Å². The molecule has 7 nitrogen and oxygen atoms in total. The number of hydrogen-bond acceptors (Lipinski definition) is 6. The highest BCUT2D eigenvalue weighted by Gasteiger charge is 2.45. The van der Waals surface area contributed by atoms with Crippen LogP contribution < -0.4 is 0 Å². The minimum Gasteiger partial charge on any atom is -0.472 e. The van der Waals surface area contributed by atoms with Crippen LogP contribution in [-0.4, -0.2) is 49.7 Å². The fraction of sp³-hybridized carbons (Fsp3) is 0.500. The zero-order valence-electron chi connectivity index (χ0n) is 9.17.